The van der Waals surface area contributed by atoms with Gasteiger partial charge in [-0.05, 0) is 56.4 Å². The van der Waals surface area contributed by atoms with Crippen molar-refractivity contribution in [3.8, 4) is 0 Å². The fourth-order valence-electron chi connectivity index (χ4n) is 2.15. The highest BCUT2D eigenvalue weighted by Gasteiger charge is 2.19. The zero-order valence-electron chi connectivity index (χ0n) is 12.6. The molecule has 1 aromatic rings. The van der Waals surface area contributed by atoms with Crippen LogP contribution in [0.5, 0.6) is 0 Å². The van der Waals surface area contributed by atoms with Crippen molar-refractivity contribution in [2.45, 2.75) is 38.8 Å². The quantitative estimate of drug-likeness (QED) is 0.836. The largest absolute Gasteiger partial charge is 0.367 e. The summed E-state index contributed by atoms with van der Waals surface area (Å²) in [6, 6.07) is 2.75. The lowest BCUT2D eigenvalue weighted by Crippen LogP contribution is -2.31. The van der Waals surface area contributed by atoms with Crippen molar-refractivity contribution in [2.75, 3.05) is 24.0 Å². The Hall–Kier alpha value is -0.810. The van der Waals surface area contributed by atoms with Crippen molar-refractivity contribution in [1.82, 2.24) is 0 Å². The second-order valence-electron chi connectivity index (χ2n) is 5.33. The number of rotatable bonds is 7. The summed E-state index contributed by atoms with van der Waals surface area (Å²) < 4.78 is 28.3. The van der Waals surface area contributed by atoms with Gasteiger partial charge in [0.15, 0.2) is 0 Å². The molecule has 0 amide bonds. The van der Waals surface area contributed by atoms with Crippen molar-refractivity contribution in [2.24, 2.45) is 5.73 Å². The van der Waals surface area contributed by atoms with Crippen molar-refractivity contribution in [1.29, 1.82) is 0 Å². The number of nitrogens with two attached hydrogens (primary N) is 1. The first-order chi connectivity index (χ1) is 9.36. The molecule has 0 saturated heterocycles. The van der Waals surface area contributed by atoms with Crippen LogP contribution in [0.15, 0.2) is 12.1 Å². The first-order valence-electron chi connectivity index (χ1n) is 6.82. The van der Waals surface area contributed by atoms with Crippen LogP contribution in [0.3, 0.4) is 0 Å². The number of benzene rings is 1. The number of halogens is 2. The van der Waals surface area contributed by atoms with Gasteiger partial charge in [0.1, 0.15) is 17.3 Å². The third-order valence-corrected chi connectivity index (χ3v) is 4.03. The second kappa shape index (κ2) is 7.84. The fraction of sp³-hybridized carbons (Fsp3) is 0.600. The summed E-state index contributed by atoms with van der Waals surface area (Å²) in [7, 11) is 1.73. The molecule has 2 nitrogen and oxygen atoms in total. The molecule has 0 aromatic heterocycles. The molecule has 114 valence electrons. The smallest absolute Gasteiger partial charge is 0.149 e. The zero-order valence-corrected chi connectivity index (χ0v) is 13.4. The van der Waals surface area contributed by atoms with Gasteiger partial charge in [-0.3, -0.25) is 0 Å². The summed E-state index contributed by atoms with van der Waals surface area (Å²) >= 11 is 1.73. The standard InChI is InChI=1S/C15H24F2N2S/c1-10(18)7-12-8-13(16)15(14(17)9-12)19(3)11(2)5-6-20-4/h8-11H,5-7,18H2,1-4H3. The topological polar surface area (TPSA) is 29.3 Å². The highest BCUT2D eigenvalue weighted by molar-refractivity contribution is 7.98. The van der Waals surface area contributed by atoms with E-state index in [1.807, 2.05) is 20.1 Å². The normalized spacial score (nSPS) is 14.2. The SMILES string of the molecule is CSCCC(C)N(C)c1c(F)cc(CC(C)N)cc1F. The molecule has 0 saturated carbocycles. The monoisotopic (exact) mass is 302 g/mol. The highest BCUT2D eigenvalue weighted by Crippen LogP contribution is 2.27. The average molecular weight is 302 g/mol. The van der Waals surface area contributed by atoms with Crippen LogP contribution in [-0.2, 0) is 6.42 Å². The Bertz CT molecular complexity index is 415. The van der Waals surface area contributed by atoms with Gasteiger partial charge in [-0.2, -0.15) is 11.8 Å². The van der Waals surface area contributed by atoms with E-state index < -0.39 is 11.6 Å². The molecule has 20 heavy (non-hydrogen) atoms. The molecule has 0 fully saturated rings. The van der Waals surface area contributed by atoms with Crippen LogP contribution < -0.4 is 10.6 Å². The minimum atomic E-state index is -0.515. The van der Waals surface area contributed by atoms with Gasteiger partial charge in [0.2, 0.25) is 0 Å². The summed E-state index contributed by atoms with van der Waals surface area (Å²) in [5.41, 5.74) is 6.32. The van der Waals surface area contributed by atoms with E-state index in [0.29, 0.717) is 12.0 Å². The van der Waals surface area contributed by atoms with Crippen LogP contribution in [0, 0.1) is 11.6 Å². The van der Waals surface area contributed by atoms with Gasteiger partial charge in [-0.15, -0.1) is 0 Å². The van der Waals surface area contributed by atoms with Gasteiger partial charge >= 0.3 is 0 Å². The van der Waals surface area contributed by atoms with Gasteiger partial charge in [-0.1, -0.05) is 0 Å². The molecule has 0 aliphatic carbocycles. The Morgan fingerprint density at radius 1 is 1.25 bits per heavy atom. The Morgan fingerprint density at radius 3 is 2.25 bits per heavy atom. The second-order valence-corrected chi connectivity index (χ2v) is 6.32. The van der Waals surface area contributed by atoms with E-state index in [4.69, 9.17) is 5.73 Å². The van der Waals surface area contributed by atoms with E-state index in [9.17, 15) is 8.78 Å². The molecule has 0 aliphatic heterocycles. The molecule has 0 bridgehead atoms. The van der Waals surface area contributed by atoms with Crippen molar-refractivity contribution in [3.05, 3.63) is 29.3 Å². The summed E-state index contributed by atoms with van der Waals surface area (Å²) in [6.07, 6.45) is 3.38. The number of nitrogens with zero attached hydrogens (tertiary/aromatic N) is 1. The maximum absolute atomic E-state index is 14.2. The van der Waals surface area contributed by atoms with E-state index in [1.54, 1.807) is 23.7 Å². The lowest BCUT2D eigenvalue weighted by atomic mass is 10.1. The van der Waals surface area contributed by atoms with Crippen LogP contribution >= 0.6 is 11.8 Å². The van der Waals surface area contributed by atoms with Crippen molar-refractivity contribution in [3.63, 3.8) is 0 Å². The molecule has 0 radical (unpaired) electrons. The molecular weight excluding hydrogens is 278 g/mol. The van der Waals surface area contributed by atoms with Gasteiger partial charge in [-0.25, -0.2) is 8.78 Å². The summed E-state index contributed by atoms with van der Waals surface area (Å²) in [6.45, 7) is 3.80. The Kier molecular flexibility index (Phi) is 6.76. The predicted molar refractivity (Wildman–Crippen MR) is 84.6 cm³/mol. The molecule has 1 rings (SSSR count). The van der Waals surface area contributed by atoms with Gasteiger partial charge in [0.05, 0.1) is 0 Å². The van der Waals surface area contributed by atoms with Gasteiger partial charge in [0, 0.05) is 19.1 Å². The average Bonchev–Trinajstić information content (AvgIpc) is 2.33. The molecule has 2 N–H and O–H groups in total. The molecule has 0 heterocycles. The lowest BCUT2D eigenvalue weighted by molar-refractivity contribution is 0.553. The number of anilines is 1. The minimum Gasteiger partial charge on any atom is -0.367 e. The number of hydrogen-bond donors (Lipinski definition) is 1. The van der Waals surface area contributed by atoms with E-state index in [0.717, 1.165) is 12.2 Å². The third kappa shape index (κ3) is 4.63. The molecular formula is C15H24F2N2S. The number of thioether (sulfide) groups is 1. The van der Waals surface area contributed by atoms with E-state index in [-0.39, 0.29) is 17.8 Å². The van der Waals surface area contributed by atoms with Crippen LogP contribution in [0.2, 0.25) is 0 Å². The van der Waals surface area contributed by atoms with Crippen molar-refractivity contribution >= 4 is 17.4 Å². The molecule has 0 spiro atoms. The summed E-state index contributed by atoms with van der Waals surface area (Å²) in [4.78, 5) is 1.68. The third-order valence-electron chi connectivity index (χ3n) is 3.39. The Balaban J connectivity index is 2.95. The van der Waals surface area contributed by atoms with Gasteiger partial charge < -0.3 is 10.6 Å². The summed E-state index contributed by atoms with van der Waals surface area (Å²) in [5.74, 6) is -0.0596. The first kappa shape index (κ1) is 17.2. The molecule has 1 aromatic carbocycles. The minimum absolute atomic E-state index is 0.0482. The number of hydrogen-bond acceptors (Lipinski definition) is 3. The van der Waals surface area contributed by atoms with Crippen molar-refractivity contribution < 1.29 is 8.78 Å². The lowest BCUT2D eigenvalue weighted by Gasteiger charge is -2.28. The predicted octanol–water partition coefficient (Wildman–Crippen LogP) is 3.43. The first-order valence-corrected chi connectivity index (χ1v) is 8.21. The molecule has 5 heteroatoms. The Morgan fingerprint density at radius 2 is 1.80 bits per heavy atom. The summed E-state index contributed by atoms with van der Waals surface area (Å²) in [5, 5.41) is 0. The molecule has 2 atom stereocenters. The zero-order chi connectivity index (χ0) is 15.3. The molecule has 2 unspecified atom stereocenters. The maximum Gasteiger partial charge on any atom is 0.149 e. The Labute approximate surface area is 124 Å². The maximum atomic E-state index is 14.2. The van der Waals surface area contributed by atoms with E-state index in [1.165, 1.54) is 12.1 Å². The van der Waals surface area contributed by atoms with Crippen LogP contribution in [0.4, 0.5) is 14.5 Å². The van der Waals surface area contributed by atoms with Crippen LogP contribution in [0.25, 0.3) is 0 Å². The molecule has 0 aliphatic rings. The highest BCUT2D eigenvalue weighted by atomic mass is 32.2. The fourth-order valence-corrected chi connectivity index (χ4v) is 2.72. The van der Waals surface area contributed by atoms with Crippen LogP contribution in [-0.4, -0.2) is 31.1 Å². The van der Waals surface area contributed by atoms with E-state index >= 15 is 0 Å². The van der Waals surface area contributed by atoms with Crippen LogP contribution in [0.1, 0.15) is 25.8 Å². The van der Waals surface area contributed by atoms with Gasteiger partial charge in [0.25, 0.3) is 0 Å². The van der Waals surface area contributed by atoms with E-state index in [2.05, 4.69) is 0 Å².